The molecule has 41 heavy (non-hydrogen) atoms. The predicted molar refractivity (Wildman–Crippen MR) is 141 cm³/mol. The number of ether oxygens (including phenoxy) is 3. The van der Waals surface area contributed by atoms with Crippen LogP contribution < -0.4 is 9.64 Å². The van der Waals surface area contributed by atoms with E-state index in [1.54, 1.807) is 26.0 Å². The van der Waals surface area contributed by atoms with Crippen LogP contribution in [0.1, 0.15) is 54.1 Å². The van der Waals surface area contributed by atoms with Crippen molar-refractivity contribution in [1.29, 1.82) is 0 Å². The number of fused-ring (bicyclic) bond motifs is 1. The van der Waals surface area contributed by atoms with Gasteiger partial charge in [-0.25, -0.2) is 9.59 Å². The van der Waals surface area contributed by atoms with Gasteiger partial charge in [-0.2, -0.15) is 38.1 Å². The van der Waals surface area contributed by atoms with Crippen LogP contribution in [-0.2, 0) is 34.1 Å². The summed E-state index contributed by atoms with van der Waals surface area (Å²) in [6, 6.07) is 3.04. The van der Waals surface area contributed by atoms with Crippen molar-refractivity contribution < 1.29 is 50.1 Å². The number of nitrogens with zero attached hydrogens (tertiary/aromatic N) is 2. The van der Waals surface area contributed by atoms with E-state index in [2.05, 4.69) is 0 Å². The molecule has 0 spiro atoms. The number of benzene rings is 2. The molecule has 2 amide bonds. The Morgan fingerprint density at radius 2 is 1.63 bits per heavy atom. The van der Waals surface area contributed by atoms with Crippen LogP contribution in [0.25, 0.3) is 0 Å². The number of carbonyl (C=O) groups is 2. The highest BCUT2D eigenvalue weighted by molar-refractivity contribution is 7.97. The van der Waals surface area contributed by atoms with Crippen molar-refractivity contribution in [2.75, 3.05) is 32.0 Å². The highest BCUT2D eigenvalue weighted by atomic mass is 32.2. The molecule has 3 rings (SSSR count). The molecule has 0 N–H and O–H groups in total. The standard InChI is InChI=1S/C27H30F6N2O5S/c1-6-40-25(37)35-15(2)7-21(20-12-23(38-3)17(14-41-5)10-22(20)35)34(24(36)39-4)13-16-8-18(26(28,29)30)11-19(9-16)27(31,32)33/h8-12,15,21H,6-7,13-14H2,1-5H3. The zero-order valence-electron chi connectivity index (χ0n) is 23.0. The average molecular weight is 609 g/mol. The Balaban J connectivity index is 2.21. The molecule has 0 saturated heterocycles. The highest BCUT2D eigenvalue weighted by Gasteiger charge is 2.41. The fourth-order valence-electron chi connectivity index (χ4n) is 4.85. The minimum absolute atomic E-state index is 0.0271. The fraction of sp³-hybridized carbons (Fsp3) is 0.481. The minimum atomic E-state index is -5.06. The van der Waals surface area contributed by atoms with Crippen LogP contribution >= 0.6 is 11.8 Å². The first kappa shape index (κ1) is 32.2. The minimum Gasteiger partial charge on any atom is -0.496 e. The first-order chi connectivity index (χ1) is 19.2. The van der Waals surface area contributed by atoms with Crippen LogP contribution in [0.2, 0.25) is 0 Å². The first-order valence-electron chi connectivity index (χ1n) is 12.4. The maximum Gasteiger partial charge on any atom is 0.416 e. The summed E-state index contributed by atoms with van der Waals surface area (Å²) in [7, 11) is 2.50. The van der Waals surface area contributed by atoms with Crippen molar-refractivity contribution in [3.63, 3.8) is 0 Å². The summed E-state index contributed by atoms with van der Waals surface area (Å²) < 4.78 is 96.9. The molecule has 1 aliphatic rings. The van der Waals surface area contributed by atoms with E-state index >= 15 is 0 Å². The predicted octanol–water partition coefficient (Wildman–Crippen LogP) is 7.66. The van der Waals surface area contributed by atoms with Gasteiger partial charge in [-0.15, -0.1) is 0 Å². The second kappa shape index (κ2) is 12.7. The summed E-state index contributed by atoms with van der Waals surface area (Å²) in [6.45, 7) is 2.81. The van der Waals surface area contributed by atoms with Crippen molar-refractivity contribution in [2.24, 2.45) is 0 Å². The maximum atomic E-state index is 13.5. The van der Waals surface area contributed by atoms with Gasteiger partial charge in [-0.3, -0.25) is 9.80 Å². The molecule has 0 radical (unpaired) electrons. The Hall–Kier alpha value is -3.29. The van der Waals surface area contributed by atoms with Gasteiger partial charge in [0.15, 0.2) is 0 Å². The quantitative estimate of drug-likeness (QED) is 0.301. The van der Waals surface area contributed by atoms with Gasteiger partial charge in [-0.05, 0) is 62.4 Å². The zero-order chi connectivity index (χ0) is 30.7. The van der Waals surface area contributed by atoms with Gasteiger partial charge in [0.05, 0.1) is 43.7 Å². The number of methoxy groups -OCH3 is 2. The molecule has 0 bridgehead atoms. The number of hydrogen-bond donors (Lipinski definition) is 0. The molecule has 1 heterocycles. The van der Waals surface area contributed by atoms with E-state index in [1.807, 2.05) is 6.26 Å². The smallest absolute Gasteiger partial charge is 0.416 e. The Morgan fingerprint density at radius 1 is 1.02 bits per heavy atom. The number of hydrogen-bond acceptors (Lipinski definition) is 6. The molecule has 14 heteroatoms. The molecule has 7 nitrogen and oxygen atoms in total. The largest absolute Gasteiger partial charge is 0.496 e. The molecule has 0 saturated carbocycles. The van der Waals surface area contributed by atoms with Gasteiger partial charge >= 0.3 is 24.5 Å². The van der Waals surface area contributed by atoms with Crippen molar-refractivity contribution in [3.05, 3.63) is 58.1 Å². The second-order valence-corrected chi connectivity index (χ2v) is 10.2. The Bertz CT molecular complexity index is 1240. The molecular weight excluding hydrogens is 578 g/mol. The van der Waals surface area contributed by atoms with E-state index in [9.17, 15) is 35.9 Å². The Kier molecular flexibility index (Phi) is 9.98. The van der Waals surface area contributed by atoms with Gasteiger partial charge < -0.3 is 14.2 Å². The van der Waals surface area contributed by atoms with Crippen LogP contribution in [0.4, 0.5) is 41.6 Å². The summed E-state index contributed by atoms with van der Waals surface area (Å²) >= 11 is 1.50. The lowest BCUT2D eigenvalue weighted by molar-refractivity contribution is -0.143. The number of thioether (sulfide) groups is 1. The lowest BCUT2D eigenvalue weighted by atomic mass is 9.89. The normalized spacial score (nSPS) is 17.1. The third kappa shape index (κ3) is 7.14. The number of alkyl halides is 6. The van der Waals surface area contributed by atoms with Crippen LogP contribution in [0.3, 0.4) is 0 Å². The maximum absolute atomic E-state index is 13.5. The van der Waals surface area contributed by atoms with Crippen LogP contribution in [0.5, 0.6) is 5.75 Å². The van der Waals surface area contributed by atoms with Crippen molar-refractivity contribution in [3.8, 4) is 5.75 Å². The number of rotatable bonds is 7. The summed E-state index contributed by atoms with van der Waals surface area (Å²) in [5.74, 6) is 0.946. The molecule has 1 aliphatic heterocycles. The summed E-state index contributed by atoms with van der Waals surface area (Å²) in [6.07, 6.45) is -9.78. The van der Waals surface area contributed by atoms with E-state index in [0.29, 0.717) is 34.9 Å². The van der Waals surface area contributed by atoms with Crippen molar-refractivity contribution in [1.82, 2.24) is 4.90 Å². The third-order valence-corrected chi connectivity index (χ3v) is 7.20. The zero-order valence-corrected chi connectivity index (χ0v) is 23.8. The molecule has 2 atom stereocenters. The SMILES string of the molecule is CCOC(=O)N1c2cc(CSC)c(OC)cc2C(N(Cc2cc(C(F)(F)F)cc(C(F)(F)F)c2)C(=O)OC)CC1C. The Labute approximate surface area is 237 Å². The van der Waals surface area contributed by atoms with E-state index < -0.39 is 59.9 Å². The molecular formula is C27H30F6N2O5S. The molecule has 2 aromatic rings. The highest BCUT2D eigenvalue weighted by Crippen LogP contribution is 2.45. The van der Waals surface area contributed by atoms with Crippen molar-refractivity contribution in [2.45, 2.75) is 57.0 Å². The molecule has 0 aliphatic carbocycles. The van der Waals surface area contributed by atoms with E-state index in [4.69, 9.17) is 14.2 Å². The van der Waals surface area contributed by atoms with E-state index in [0.717, 1.165) is 17.6 Å². The summed E-state index contributed by atoms with van der Waals surface area (Å²) in [5.41, 5.74) is -1.89. The van der Waals surface area contributed by atoms with Crippen molar-refractivity contribution >= 4 is 29.6 Å². The molecule has 0 aromatic heterocycles. The average Bonchev–Trinajstić information content (AvgIpc) is 2.89. The van der Waals surface area contributed by atoms with Crippen LogP contribution in [-0.4, -0.2) is 50.2 Å². The first-order valence-corrected chi connectivity index (χ1v) is 13.8. The number of carbonyl (C=O) groups excluding carboxylic acids is 2. The van der Waals surface area contributed by atoms with Gasteiger partial charge in [0.1, 0.15) is 5.75 Å². The fourth-order valence-corrected chi connectivity index (χ4v) is 5.38. The Morgan fingerprint density at radius 3 is 2.12 bits per heavy atom. The molecule has 2 unspecified atom stereocenters. The molecule has 0 fully saturated rings. The molecule has 2 aromatic carbocycles. The second-order valence-electron chi connectivity index (χ2n) is 9.34. The van der Waals surface area contributed by atoms with Gasteiger partial charge in [0.2, 0.25) is 0 Å². The monoisotopic (exact) mass is 608 g/mol. The van der Waals surface area contributed by atoms with Gasteiger partial charge in [-0.1, -0.05) is 0 Å². The van der Waals surface area contributed by atoms with Gasteiger partial charge in [0, 0.05) is 29.5 Å². The lowest BCUT2D eigenvalue weighted by Gasteiger charge is -2.43. The summed E-state index contributed by atoms with van der Waals surface area (Å²) in [5, 5.41) is 0. The third-order valence-electron chi connectivity index (χ3n) is 6.60. The van der Waals surface area contributed by atoms with E-state index in [1.165, 1.54) is 23.8 Å². The van der Waals surface area contributed by atoms with Gasteiger partial charge in [0.25, 0.3) is 0 Å². The lowest BCUT2D eigenvalue weighted by Crippen LogP contribution is -2.47. The number of halogens is 6. The van der Waals surface area contributed by atoms with Crippen LogP contribution in [0, 0.1) is 0 Å². The molecule has 226 valence electrons. The number of anilines is 1. The topological polar surface area (TPSA) is 68.3 Å². The van der Waals surface area contributed by atoms with E-state index in [-0.39, 0.29) is 19.1 Å². The van der Waals surface area contributed by atoms with Crippen LogP contribution in [0.15, 0.2) is 30.3 Å². The summed E-state index contributed by atoms with van der Waals surface area (Å²) in [4.78, 5) is 28.5. The number of amides is 2.